The van der Waals surface area contributed by atoms with E-state index < -0.39 is 4.92 Å². The molecule has 1 saturated carbocycles. The van der Waals surface area contributed by atoms with Crippen LogP contribution in [0.15, 0.2) is 24.3 Å². The van der Waals surface area contributed by atoms with E-state index in [9.17, 15) is 15.2 Å². The molecular formula is C13H17NO4. The average Bonchev–Trinajstić information content (AvgIpc) is 2.38. The number of aliphatic hydroxyl groups is 1. The SMILES string of the molecule is O=[N+]([O-])c1cccc(COC2CCC(O)CC2)c1. The molecule has 0 aromatic heterocycles. The number of nitro benzene ring substituents is 1. The molecule has 1 N–H and O–H groups in total. The van der Waals surface area contributed by atoms with Gasteiger partial charge < -0.3 is 9.84 Å². The van der Waals surface area contributed by atoms with Gasteiger partial charge in [-0.1, -0.05) is 12.1 Å². The lowest BCUT2D eigenvalue weighted by molar-refractivity contribution is -0.385. The van der Waals surface area contributed by atoms with E-state index in [1.54, 1.807) is 6.07 Å². The van der Waals surface area contributed by atoms with Crippen LogP contribution in [0.4, 0.5) is 5.69 Å². The van der Waals surface area contributed by atoms with E-state index in [0.717, 1.165) is 31.2 Å². The van der Waals surface area contributed by atoms with Gasteiger partial charge in [0.05, 0.1) is 23.7 Å². The number of nitrogens with zero attached hydrogens (tertiary/aromatic N) is 1. The highest BCUT2D eigenvalue weighted by atomic mass is 16.6. The standard InChI is InChI=1S/C13H17NO4/c15-12-4-6-13(7-5-12)18-9-10-2-1-3-11(8-10)14(16)17/h1-3,8,12-13,15H,4-7,9H2. The Morgan fingerprint density at radius 2 is 2.06 bits per heavy atom. The number of hydrogen-bond donors (Lipinski definition) is 1. The highest BCUT2D eigenvalue weighted by molar-refractivity contribution is 5.33. The van der Waals surface area contributed by atoms with E-state index in [4.69, 9.17) is 4.74 Å². The van der Waals surface area contributed by atoms with Crippen molar-refractivity contribution in [2.75, 3.05) is 0 Å². The summed E-state index contributed by atoms with van der Waals surface area (Å²) in [5, 5.41) is 20.0. The second-order valence-electron chi connectivity index (χ2n) is 4.67. The van der Waals surface area contributed by atoms with E-state index in [1.165, 1.54) is 12.1 Å². The van der Waals surface area contributed by atoms with Crippen molar-refractivity contribution in [3.8, 4) is 0 Å². The molecule has 0 unspecified atom stereocenters. The number of ether oxygens (including phenoxy) is 1. The van der Waals surface area contributed by atoms with Gasteiger partial charge in [-0.2, -0.15) is 0 Å². The summed E-state index contributed by atoms with van der Waals surface area (Å²) in [6.45, 7) is 0.391. The first-order valence-electron chi connectivity index (χ1n) is 6.18. The number of nitro groups is 1. The molecule has 1 aliphatic rings. The number of rotatable bonds is 4. The summed E-state index contributed by atoms with van der Waals surface area (Å²) in [4.78, 5) is 10.2. The van der Waals surface area contributed by atoms with Crippen molar-refractivity contribution in [2.45, 2.75) is 44.5 Å². The van der Waals surface area contributed by atoms with Crippen LogP contribution in [0.25, 0.3) is 0 Å². The molecule has 0 bridgehead atoms. The van der Waals surface area contributed by atoms with Crippen LogP contribution < -0.4 is 0 Å². The van der Waals surface area contributed by atoms with E-state index in [1.807, 2.05) is 6.07 Å². The average molecular weight is 251 g/mol. The van der Waals surface area contributed by atoms with Gasteiger partial charge >= 0.3 is 0 Å². The zero-order chi connectivity index (χ0) is 13.0. The van der Waals surface area contributed by atoms with E-state index in [0.29, 0.717) is 6.61 Å². The predicted molar refractivity (Wildman–Crippen MR) is 66.1 cm³/mol. The highest BCUT2D eigenvalue weighted by Gasteiger charge is 2.19. The number of aliphatic hydroxyl groups excluding tert-OH is 1. The summed E-state index contributed by atoms with van der Waals surface area (Å²) in [5.41, 5.74) is 0.908. The predicted octanol–water partition coefficient (Wildman–Crippen LogP) is 2.41. The first-order chi connectivity index (χ1) is 8.65. The molecule has 0 aliphatic heterocycles. The van der Waals surface area contributed by atoms with Crippen LogP contribution >= 0.6 is 0 Å². The third-order valence-corrected chi connectivity index (χ3v) is 3.25. The fourth-order valence-electron chi connectivity index (χ4n) is 2.19. The molecular weight excluding hydrogens is 234 g/mol. The van der Waals surface area contributed by atoms with Crippen LogP contribution in [-0.2, 0) is 11.3 Å². The number of hydrogen-bond acceptors (Lipinski definition) is 4. The molecule has 0 spiro atoms. The molecule has 5 nitrogen and oxygen atoms in total. The third kappa shape index (κ3) is 3.51. The molecule has 0 atom stereocenters. The molecule has 0 amide bonds. The minimum atomic E-state index is -0.402. The van der Waals surface area contributed by atoms with Crippen LogP contribution in [0, 0.1) is 10.1 Å². The Labute approximate surface area is 106 Å². The third-order valence-electron chi connectivity index (χ3n) is 3.25. The summed E-state index contributed by atoms with van der Waals surface area (Å²) in [6, 6.07) is 6.50. The summed E-state index contributed by atoms with van der Waals surface area (Å²) in [7, 11) is 0. The van der Waals surface area contributed by atoms with Crippen LogP contribution in [-0.4, -0.2) is 22.2 Å². The molecule has 1 aromatic rings. The van der Waals surface area contributed by atoms with Crippen molar-refractivity contribution in [2.24, 2.45) is 0 Å². The Hall–Kier alpha value is -1.46. The summed E-state index contributed by atoms with van der Waals surface area (Å²) >= 11 is 0. The fraction of sp³-hybridized carbons (Fsp3) is 0.538. The van der Waals surface area contributed by atoms with Crippen molar-refractivity contribution in [3.05, 3.63) is 39.9 Å². The van der Waals surface area contributed by atoms with Crippen LogP contribution in [0.3, 0.4) is 0 Å². The van der Waals surface area contributed by atoms with Gasteiger partial charge in [0.2, 0.25) is 0 Å². The summed E-state index contributed by atoms with van der Waals surface area (Å²) < 4.78 is 5.72. The maximum Gasteiger partial charge on any atom is 0.269 e. The lowest BCUT2D eigenvalue weighted by Gasteiger charge is -2.25. The quantitative estimate of drug-likeness (QED) is 0.658. The molecule has 5 heteroatoms. The van der Waals surface area contributed by atoms with Gasteiger partial charge in [0.15, 0.2) is 0 Å². The Kier molecular flexibility index (Phi) is 4.28. The fourth-order valence-corrected chi connectivity index (χ4v) is 2.19. The Morgan fingerprint density at radius 3 is 2.72 bits per heavy atom. The molecule has 1 fully saturated rings. The molecule has 0 saturated heterocycles. The zero-order valence-corrected chi connectivity index (χ0v) is 10.1. The topological polar surface area (TPSA) is 72.6 Å². The van der Waals surface area contributed by atoms with E-state index >= 15 is 0 Å². The van der Waals surface area contributed by atoms with Gasteiger partial charge in [-0.15, -0.1) is 0 Å². The maximum atomic E-state index is 10.6. The Balaban J connectivity index is 1.86. The largest absolute Gasteiger partial charge is 0.393 e. The van der Waals surface area contributed by atoms with Crippen molar-refractivity contribution < 1.29 is 14.8 Å². The van der Waals surface area contributed by atoms with Crippen molar-refractivity contribution in [1.29, 1.82) is 0 Å². The van der Waals surface area contributed by atoms with Gasteiger partial charge in [0.1, 0.15) is 0 Å². The lowest BCUT2D eigenvalue weighted by atomic mass is 9.95. The summed E-state index contributed by atoms with van der Waals surface area (Å²) in [5.74, 6) is 0. The Morgan fingerprint density at radius 1 is 1.33 bits per heavy atom. The molecule has 0 heterocycles. The monoisotopic (exact) mass is 251 g/mol. The highest BCUT2D eigenvalue weighted by Crippen LogP contribution is 2.22. The lowest BCUT2D eigenvalue weighted by Crippen LogP contribution is -2.24. The molecule has 18 heavy (non-hydrogen) atoms. The minimum absolute atomic E-state index is 0.0927. The van der Waals surface area contributed by atoms with Crippen LogP contribution in [0.1, 0.15) is 31.2 Å². The van der Waals surface area contributed by atoms with Crippen LogP contribution in [0.2, 0.25) is 0 Å². The van der Waals surface area contributed by atoms with Gasteiger partial charge in [0, 0.05) is 12.1 Å². The normalized spacial score (nSPS) is 23.8. The van der Waals surface area contributed by atoms with Gasteiger partial charge in [-0.3, -0.25) is 10.1 Å². The molecule has 2 rings (SSSR count). The molecule has 98 valence electrons. The smallest absolute Gasteiger partial charge is 0.269 e. The van der Waals surface area contributed by atoms with E-state index in [2.05, 4.69) is 0 Å². The molecule has 1 aliphatic carbocycles. The van der Waals surface area contributed by atoms with Gasteiger partial charge in [0.25, 0.3) is 5.69 Å². The van der Waals surface area contributed by atoms with Crippen LogP contribution in [0.5, 0.6) is 0 Å². The van der Waals surface area contributed by atoms with E-state index in [-0.39, 0.29) is 17.9 Å². The number of non-ortho nitro benzene ring substituents is 1. The minimum Gasteiger partial charge on any atom is -0.393 e. The van der Waals surface area contributed by atoms with Gasteiger partial charge in [-0.25, -0.2) is 0 Å². The second kappa shape index (κ2) is 5.93. The zero-order valence-electron chi connectivity index (χ0n) is 10.1. The number of benzene rings is 1. The Bertz CT molecular complexity index is 413. The maximum absolute atomic E-state index is 10.6. The molecule has 1 aromatic carbocycles. The second-order valence-corrected chi connectivity index (χ2v) is 4.67. The molecule has 0 radical (unpaired) electrons. The van der Waals surface area contributed by atoms with Crippen molar-refractivity contribution in [1.82, 2.24) is 0 Å². The first-order valence-corrected chi connectivity index (χ1v) is 6.18. The summed E-state index contributed by atoms with van der Waals surface area (Å²) in [6.07, 6.45) is 3.24. The van der Waals surface area contributed by atoms with Crippen molar-refractivity contribution >= 4 is 5.69 Å². The van der Waals surface area contributed by atoms with Gasteiger partial charge in [-0.05, 0) is 31.2 Å². The first kappa shape index (κ1) is 13.0. The van der Waals surface area contributed by atoms with Crippen molar-refractivity contribution in [3.63, 3.8) is 0 Å².